The Balaban J connectivity index is 2.24. The Kier molecular flexibility index (Phi) is 4.77. The van der Waals surface area contributed by atoms with E-state index in [4.69, 9.17) is 29.6 Å². The highest BCUT2D eigenvalue weighted by molar-refractivity contribution is 7.80. The summed E-state index contributed by atoms with van der Waals surface area (Å²) >= 11 is 11.1. The summed E-state index contributed by atoms with van der Waals surface area (Å²) in [5, 5.41) is 0.471. The standard InChI is InChI=1S/C14H17ClN2OS/c15-12-8-4-3-7-11(12)14(18)17(9-13(16)19)10-5-1-2-6-10/h3-4,7-8,10H,1-2,5-6,9H2,(H2,16,19). The average Bonchev–Trinajstić information content (AvgIpc) is 2.89. The van der Waals surface area contributed by atoms with Gasteiger partial charge in [0.15, 0.2) is 0 Å². The SMILES string of the molecule is NC(=S)CN(C(=O)c1ccccc1Cl)C1CCCC1. The summed E-state index contributed by atoms with van der Waals surface area (Å²) in [5.74, 6) is -0.0784. The second-order valence-electron chi connectivity index (χ2n) is 4.82. The maximum atomic E-state index is 12.6. The van der Waals surface area contributed by atoms with Crippen LogP contribution in [0.5, 0.6) is 0 Å². The van der Waals surface area contributed by atoms with E-state index >= 15 is 0 Å². The van der Waals surface area contributed by atoms with Crippen molar-refractivity contribution in [2.24, 2.45) is 5.73 Å². The van der Waals surface area contributed by atoms with E-state index in [-0.39, 0.29) is 11.9 Å². The van der Waals surface area contributed by atoms with Crippen LogP contribution < -0.4 is 5.73 Å². The van der Waals surface area contributed by atoms with Crippen LogP contribution in [0.3, 0.4) is 0 Å². The van der Waals surface area contributed by atoms with Crippen molar-refractivity contribution in [2.75, 3.05) is 6.54 Å². The quantitative estimate of drug-likeness (QED) is 0.869. The summed E-state index contributed by atoms with van der Waals surface area (Å²) in [6, 6.07) is 7.32. The van der Waals surface area contributed by atoms with E-state index in [0.717, 1.165) is 25.7 Å². The maximum absolute atomic E-state index is 12.6. The molecular weight excluding hydrogens is 280 g/mol. The molecule has 0 bridgehead atoms. The zero-order chi connectivity index (χ0) is 13.8. The number of carbonyl (C=O) groups is 1. The number of benzene rings is 1. The van der Waals surface area contributed by atoms with Gasteiger partial charge in [0.05, 0.1) is 22.1 Å². The first-order valence-electron chi connectivity index (χ1n) is 6.43. The molecule has 1 aromatic carbocycles. The summed E-state index contributed by atoms with van der Waals surface area (Å²) in [6.07, 6.45) is 4.32. The number of rotatable bonds is 4. The van der Waals surface area contributed by atoms with Gasteiger partial charge in [0.25, 0.3) is 5.91 Å². The Morgan fingerprint density at radius 2 is 2.00 bits per heavy atom. The molecule has 0 aliphatic heterocycles. The Morgan fingerprint density at radius 1 is 1.37 bits per heavy atom. The van der Waals surface area contributed by atoms with Crippen molar-refractivity contribution in [3.05, 3.63) is 34.9 Å². The predicted molar refractivity (Wildman–Crippen MR) is 81.5 cm³/mol. The highest BCUT2D eigenvalue weighted by atomic mass is 35.5. The molecule has 0 saturated heterocycles. The number of carbonyl (C=O) groups excluding carboxylic acids is 1. The van der Waals surface area contributed by atoms with Crippen LogP contribution in [0.25, 0.3) is 0 Å². The zero-order valence-electron chi connectivity index (χ0n) is 10.6. The maximum Gasteiger partial charge on any atom is 0.255 e. The summed E-state index contributed by atoms with van der Waals surface area (Å²) in [4.78, 5) is 14.7. The normalized spacial score (nSPS) is 15.4. The molecule has 3 nitrogen and oxygen atoms in total. The summed E-state index contributed by atoms with van der Waals surface area (Å²) < 4.78 is 0. The minimum absolute atomic E-state index is 0.0784. The third-order valence-electron chi connectivity index (χ3n) is 3.46. The van der Waals surface area contributed by atoms with Gasteiger partial charge in [0.1, 0.15) is 0 Å². The molecule has 0 radical (unpaired) electrons. The molecule has 1 amide bonds. The lowest BCUT2D eigenvalue weighted by Crippen LogP contribution is -2.43. The number of nitrogens with two attached hydrogens (primary N) is 1. The van der Waals surface area contributed by atoms with Gasteiger partial charge < -0.3 is 10.6 Å². The Bertz CT molecular complexity index is 486. The van der Waals surface area contributed by atoms with E-state index < -0.39 is 0 Å². The number of halogens is 1. The molecule has 1 aliphatic carbocycles. The number of thiocarbonyl (C=S) groups is 1. The Hall–Kier alpha value is -1.13. The van der Waals surface area contributed by atoms with Crippen LogP contribution >= 0.6 is 23.8 Å². The second kappa shape index (κ2) is 6.35. The fraction of sp³-hybridized carbons (Fsp3) is 0.429. The topological polar surface area (TPSA) is 46.3 Å². The molecule has 19 heavy (non-hydrogen) atoms. The first-order valence-corrected chi connectivity index (χ1v) is 7.22. The highest BCUT2D eigenvalue weighted by Gasteiger charge is 2.28. The molecule has 2 rings (SSSR count). The van der Waals surface area contributed by atoms with Crippen LogP contribution in [0.4, 0.5) is 0 Å². The zero-order valence-corrected chi connectivity index (χ0v) is 12.2. The van der Waals surface area contributed by atoms with Crippen molar-refractivity contribution in [1.29, 1.82) is 0 Å². The first-order chi connectivity index (χ1) is 9.09. The summed E-state index contributed by atoms with van der Waals surface area (Å²) in [6.45, 7) is 0.323. The average molecular weight is 297 g/mol. The first kappa shape index (κ1) is 14.3. The van der Waals surface area contributed by atoms with Crippen LogP contribution in [-0.2, 0) is 0 Å². The van der Waals surface area contributed by atoms with Crippen molar-refractivity contribution >= 4 is 34.7 Å². The van der Waals surface area contributed by atoms with E-state index in [9.17, 15) is 4.79 Å². The fourth-order valence-electron chi connectivity index (χ4n) is 2.54. The predicted octanol–water partition coefficient (Wildman–Crippen LogP) is 3.01. The number of hydrogen-bond acceptors (Lipinski definition) is 2. The number of amides is 1. The highest BCUT2D eigenvalue weighted by Crippen LogP contribution is 2.26. The van der Waals surface area contributed by atoms with Gasteiger partial charge >= 0.3 is 0 Å². The molecule has 102 valence electrons. The molecule has 0 spiro atoms. The van der Waals surface area contributed by atoms with Crippen LogP contribution in [0, 0.1) is 0 Å². The fourth-order valence-corrected chi connectivity index (χ4v) is 2.90. The second-order valence-corrected chi connectivity index (χ2v) is 5.75. The molecule has 5 heteroatoms. The van der Waals surface area contributed by atoms with E-state index in [2.05, 4.69) is 0 Å². The van der Waals surface area contributed by atoms with Crippen LogP contribution in [0.15, 0.2) is 24.3 Å². The van der Waals surface area contributed by atoms with Crippen LogP contribution in [-0.4, -0.2) is 28.4 Å². The molecule has 0 heterocycles. The van der Waals surface area contributed by atoms with E-state index in [0.29, 0.717) is 22.1 Å². The Labute approximate surface area is 123 Å². The van der Waals surface area contributed by atoms with Gasteiger partial charge in [-0.25, -0.2) is 0 Å². The molecule has 1 aliphatic rings. The van der Waals surface area contributed by atoms with E-state index in [1.54, 1.807) is 17.0 Å². The molecular formula is C14H17ClN2OS. The van der Waals surface area contributed by atoms with E-state index in [1.807, 2.05) is 12.1 Å². The lowest BCUT2D eigenvalue weighted by Gasteiger charge is -2.29. The third-order valence-corrected chi connectivity index (χ3v) is 3.92. The van der Waals surface area contributed by atoms with Gasteiger partial charge in [-0.05, 0) is 25.0 Å². The molecule has 1 aromatic rings. The van der Waals surface area contributed by atoms with Gasteiger partial charge in [-0.1, -0.05) is 48.8 Å². The molecule has 0 aromatic heterocycles. The lowest BCUT2D eigenvalue weighted by atomic mass is 10.1. The van der Waals surface area contributed by atoms with Crippen LogP contribution in [0.2, 0.25) is 5.02 Å². The minimum Gasteiger partial charge on any atom is -0.392 e. The van der Waals surface area contributed by atoms with E-state index in [1.165, 1.54) is 0 Å². The van der Waals surface area contributed by atoms with Crippen molar-refractivity contribution in [3.63, 3.8) is 0 Å². The number of nitrogens with zero attached hydrogens (tertiary/aromatic N) is 1. The van der Waals surface area contributed by atoms with Crippen LogP contribution in [0.1, 0.15) is 36.0 Å². The summed E-state index contributed by atoms with van der Waals surface area (Å²) in [7, 11) is 0. The minimum atomic E-state index is -0.0784. The van der Waals surface area contributed by atoms with Gasteiger partial charge in [-0.15, -0.1) is 0 Å². The van der Waals surface area contributed by atoms with Crippen molar-refractivity contribution in [2.45, 2.75) is 31.7 Å². The lowest BCUT2D eigenvalue weighted by molar-refractivity contribution is 0.0715. The summed E-state index contributed by atoms with van der Waals surface area (Å²) in [5.41, 5.74) is 6.14. The number of hydrogen-bond donors (Lipinski definition) is 1. The molecule has 1 fully saturated rings. The molecule has 0 unspecified atom stereocenters. The third kappa shape index (κ3) is 3.45. The van der Waals surface area contributed by atoms with Crippen molar-refractivity contribution in [1.82, 2.24) is 4.90 Å². The molecule has 1 saturated carbocycles. The van der Waals surface area contributed by atoms with Crippen molar-refractivity contribution in [3.8, 4) is 0 Å². The van der Waals surface area contributed by atoms with Gasteiger partial charge in [0, 0.05) is 6.04 Å². The van der Waals surface area contributed by atoms with Gasteiger partial charge in [-0.3, -0.25) is 4.79 Å². The smallest absolute Gasteiger partial charge is 0.255 e. The largest absolute Gasteiger partial charge is 0.392 e. The molecule has 2 N–H and O–H groups in total. The monoisotopic (exact) mass is 296 g/mol. The van der Waals surface area contributed by atoms with Gasteiger partial charge in [0.2, 0.25) is 0 Å². The van der Waals surface area contributed by atoms with Gasteiger partial charge in [-0.2, -0.15) is 0 Å². The Morgan fingerprint density at radius 3 is 2.58 bits per heavy atom. The van der Waals surface area contributed by atoms with Crippen molar-refractivity contribution < 1.29 is 4.79 Å². The molecule has 0 atom stereocenters.